The number of halogens is 16. The van der Waals surface area contributed by atoms with Crippen molar-refractivity contribution in [3.05, 3.63) is 0 Å². The zero-order chi connectivity index (χ0) is 20.9. The van der Waals surface area contributed by atoms with Crippen molar-refractivity contribution < 1.29 is 70.9 Å². The van der Waals surface area contributed by atoms with Crippen molar-refractivity contribution in [2.75, 3.05) is 0 Å². The number of hydrogen-bond acceptors (Lipinski definition) is 2. The monoisotopic (exact) mass is 636 g/mol. The number of ether oxygens (including phenoxy) is 2. The molecular weight excluding hydrogens is 636 g/mol. The molecule has 152 valence electrons. The summed E-state index contributed by atoms with van der Waals surface area (Å²) in [5.74, 6) is -7.50. The van der Waals surface area contributed by atoms with Gasteiger partial charge in [0.2, 0.25) is 0 Å². The first-order valence-electron chi connectivity index (χ1n) is 4.84. The minimum absolute atomic E-state index is 0.584. The second kappa shape index (κ2) is 6.78. The van der Waals surface area contributed by atoms with Crippen molar-refractivity contribution in [2.24, 2.45) is 0 Å². The summed E-state index contributed by atoms with van der Waals surface area (Å²) in [5.41, 5.74) is 0. The molecule has 18 heteroatoms. The Balaban J connectivity index is 5.79. The molecule has 0 spiro atoms. The molecule has 0 atom stereocenters. The van der Waals surface area contributed by atoms with Gasteiger partial charge in [0.05, 0.1) is 0 Å². The van der Waals surface area contributed by atoms with Gasteiger partial charge in [-0.15, -0.1) is 0 Å². The lowest BCUT2D eigenvalue weighted by Crippen LogP contribution is -2.62. The molecule has 0 aliphatic heterocycles. The Morgan fingerprint density at radius 2 is 0.600 bits per heavy atom. The predicted octanol–water partition coefficient (Wildman–Crippen LogP) is 6.08. The molecule has 0 aromatic heterocycles. The van der Waals surface area contributed by atoms with E-state index in [0.29, 0.717) is 0 Å². The van der Waals surface area contributed by atoms with Crippen LogP contribution < -0.4 is 0 Å². The molecule has 0 aliphatic rings. The van der Waals surface area contributed by atoms with Gasteiger partial charge < -0.3 is 0 Å². The summed E-state index contributed by atoms with van der Waals surface area (Å²) in [7, 11) is 0. The third-order valence-electron chi connectivity index (χ3n) is 1.90. The largest absolute Gasteiger partial charge is 0.433 e. The quantitative estimate of drug-likeness (QED) is 0.183. The van der Waals surface area contributed by atoms with Crippen molar-refractivity contribution in [1.29, 1.82) is 0 Å². The number of rotatable bonds is 8. The Labute approximate surface area is 154 Å². The highest BCUT2D eigenvalue weighted by atomic mass is 127. The Bertz CT molecular complexity index is 439. The fourth-order valence-electron chi connectivity index (χ4n) is 0.735. The lowest BCUT2D eigenvalue weighted by atomic mass is 10.3. The Kier molecular flexibility index (Phi) is 6.89. The van der Waals surface area contributed by atoms with E-state index in [1.807, 2.05) is 0 Å². The molecule has 0 fully saturated rings. The molecule has 0 radical (unpaired) electrons. The van der Waals surface area contributed by atoms with E-state index in [-0.39, 0.29) is 0 Å². The molecule has 0 bridgehead atoms. The molecule has 0 N–H and O–H groups in total. The Morgan fingerprint density at radius 3 is 0.760 bits per heavy atom. The molecule has 0 aromatic rings. The maximum atomic E-state index is 12.9. The molecule has 0 aromatic carbocycles. The molecule has 0 aliphatic carbocycles. The van der Waals surface area contributed by atoms with Gasteiger partial charge >= 0.3 is 38.2 Å². The summed E-state index contributed by atoms with van der Waals surface area (Å²) in [4.78, 5) is 0. The van der Waals surface area contributed by atoms with Crippen LogP contribution in [0.25, 0.3) is 0 Å². The third-order valence-corrected chi connectivity index (χ3v) is 3.16. The Hall–Kier alpha value is 0.400. The van der Waals surface area contributed by atoms with E-state index in [2.05, 4.69) is 0 Å². The lowest BCUT2D eigenvalue weighted by molar-refractivity contribution is -0.524. The summed E-state index contributed by atoms with van der Waals surface area (Å²) in [6.45, 7) is 0. The molecule has 0 amide bonds. The van der Waals surface area contributed by atoms with Crippen LogP contribution in [-0.4, -0.2) is 38.2 Å². The minimum atomic E-state index is -7.50. The van der Waals surface area contributed by atoms with E-state index in [1.54, 1.807) is 9.47 Å². The highest BCUT2D eigenvalue weighted by Crippen LogP contribution is 2.54. The fraction of sp³-hybridized carbons (Fsp3) is 1.00. The summed E-state index contributed by atoms with van der Waals surface area (Å²) in [6.07, 6.45) is -27.5. The normalized spacial score (nSPS) is 16.3. The van der Waals surface area contributed by atoms with Gasteiger partial charge in [0.25, 0.3) is 0 Å². The fourth-order valence-corrected chi connectivity index (χ4v) is 0.955. The molecule has 0 saturated heterocycles. The second-order valence-corrected chi connectivity index (χ2v) is 6.55. The topological polar surface area (TPSA) is 18.5 Å². The van der Waals surface area contributed by atoms with Gasteiger partial charge in [0.1, 0.15) is 0 Å². The van der Waals surface area contributed by atoms with E-state index in [4.69, 9.17) is 0 Å². The first kappa shape index (κ1) is 25.4. The zero-order valence-electron chi connectivity index (χ0n) is 10.4. The molecular formula is C7F14I2O2. The van der Waals surface area contributed by atoms with E-state index in [1.165, 1.54) is 0 Å². The minimum Gasteiger partial charge on any atom is -0.245 e. The summed E-state index contributed by atoms with van der Waals surface area (Å²) in [6, 6.07) is 0. The van der Waals surface area contributed by atoms with Gasteiger partial charge in [0, 0.05) is 45.2 Å². The first-order chi connectivity index (χ1) is 10.4. The van der Waals surface area contributed by atoms with Crippen LogP contribution in [0, 0.1) is 0 Å². The van der Waals surface area contributed by atoms with Crippen LogP contribution in [0.15, 0.2) is 0 Å². The van der Waals surface area contributed by atoms with Crippen molar-refractivity contribution in [1.82, 2.24) is 0 Å². The van der Waals surface area contributed by atoms with Crippen LogP contribution in [0.1, 0.15) is 0 Å². The molecule has 0 unspecified atom stereocenters. The molecule has 25 heavy (non-hydrogen) atoms. The van der Waals surface area contributed by atoms with Crippen LogP contribution >= 0.6 is 45.2 Å². The zero-order valence-corrected chi connectivity index (χ0v) is 14.7. The van der Waals surface area contributed by atoms with Crippen molar-refractivity contribution in [3.63, 3.8) is 0 Å². The van der Waals surface area contributed by atoms with Crippen LogP contribution in [0.2, 0.25) is 0 Å². The average molecular weight is 636 g/mol. The predicted molar refractivity (Wildman–Crippen MR) is 64.8 cm³/mol. The second-order valence-electron chi connectivity index (χ2n) is 3.84. The molecule has 2 nitrogen and oxygen atoms in total. The average Bonchev–Trinajstić information content (AvgIpc) is 2.21. The van der Waals surface area contributed by atoms with Gasteiger partial charge in [-0.2, -0.15) is 61.5 Å². The third kappa shape index (κ3) is 5.23. The highest BCUT2D eigenvalue weighted by molar-refractivity contribution is 14.1. The Morgan fingerprint density at radius 1 is 0.400 bits per heavy atom. The van der Waals surface area contributed by atoms with Crippen molar-refractivity contribution >= 4 is 45.2 Å². The number of hydrogen-bond donors (Lipinski definition) is 0. The van der Waals surface area contributed by atoms with E-state index >= 15 is 0 Å². The van der Waals surface area contributed by atoms with Crippen molar-refractivity contribution in [2.45, 2.75) is 38.2 Å². The van der Waals surface area contributed by atoms with E-state index < -0.39 is 83.4 Å². The van der Waals surface area contributed by atoms with Gasteiger partial charge in [-0.3, -0.25) is 0 Å². The van der Waals surface area contributed by atoms with E-state index in [0.717, 1.165) is 0 Å². The highest BCUT2D eigenvalue weighted by Gasteiger charge is 2.80. The van der Waals surface area contributed by atoms with Crippen LogP contribution in [0.4, 0.5) is 61.5 Å². The molecule has 0 rings (SSSR count). The van der Waals surface area contributed by atoms with Gasteiger partial charge in [-0.1, -0.05) is 0 Å². The SMILES string of the molecule is FC(F)(I)C(F)(F)OC(F)(F)C(F)(F)C(F)(F)OC(F)(F)C(F)(F)I. The van der Waals surface area contributed by atoms with Gasteiger partial charge in [-0.25, -0.2) is 9.47 Å². The summed E-state index contributed by atoms with van der Waals surface area (Å²) < 4.78 is 168. The molecule has 0 heterocycles. The van der Waals surface area contributed by atoms with Gasteiger partial charge in [-0.05, 0) is 0 Å². The van der Waals surface area contributed by atoms with Crippen LogP contribution in [0.5, 0.6) is 0 Å². The molecule has 0 saturated carbocycles. The van der Waals surface area contributed by atoms with Crippen LogP contribution in [0.3, 0.4) is 0 Å². The lowest BCUT2D eigenvalue weighted by Gasteiger charge is -2.35. The van der Waals surface area contributed by atoms with E-state index in [9.17, 15) is 61.5 Å². The smallest absolute Gasteiger partial charge is 0.245 e. The first-order valence-corrected chi connectivity index (χ1v) is 7.00. The number of alkyl halides is 16. The van der Waals surface area contributed by atoms with Crippen LogP contribution in [-0.2, 0) is 9.47 Å². The summed E-state index contributed by atoms with van der Waals surface area (Å²) >= 11 is -1.17. The standard InChI is InChI=1S/C7F14I2O2/c8-1(9,4(14,15)24-6(18,19)2(10,11)22)5(16,17)25-7(20,21)3(12,13)23. The van der Waals surface area contributed by atoms with Crippen molar-refractivity contribution in [3.8, 4) is 0 Å². The maximum absolute atomic E-state index is 12.9. The summed E-state index contributed by atoms with van der Waals surface area (Å²) in [5, 5.41) is 0. The maximum Gasteiger partial charge on any atom is 0.433 e. The van der Waals surface area contributed by atoms with Gasteiger partial charge in [0.15, 0.2) is 0 Å².